The molecule has 0 bridgehead atoms. The van der Waals surface area contributed by atoms with Crippen molar-refractivity contribution in [1.29, 1.82) is 0 Å². The van der Waals surface area contributed by atoms with Gasteiger partial charge in [0.15, 0.2) is 0 Å². The van der Waals surface area contributed by atoms with Crippen molar-refractivity contribution in [2.45, 2.75) is 26.6 Å². The zero-order valence-corrected chi connectivity index (χ0v) is 16.2. The summed E-state index contributed by atoms with van der Waals surface area (Å²) in [5, 5.41) is 9.49. The Morgan fingerprint density at radius 3 is 2.63 bits per heavy atom. The number of aromatic nitrogens is 3. The number of nitrogens with two attached hydrogens (primary N) is 1. The highest BCUT2D eigenvalue weighted by molar-refractivity contribution is 6.40. The minimum absolute atomic E-state index is 0.00776. The molecule has 2 amide bonds. The van der Waals surface area contributed by atoms with E-state index < -0.39 is 23.6 Å². The number of nitrogens with zero attached hydrogens (tertiary/aromatic N) is 3. The molecule has 0 aliphatic carbocycles. The molecule has 0 radical (unpaired) electrons. The first kappa shape index (κ1) is 21.1. The van der Waals surface area contributed by atoms with Crippen LogP contribution >= 0.6 is 0 Å². The molecular weight excluding hydrogens is 401 g/mol. The molecule has 158 valence electrons. The number of H-pyrrole nitrogens is 1. The van der Waals surface area contributed by atoms with E-state index in [1.54, 1.807) is 6.92 Å². The van der Waals surface area contributed by atoms with Crippen molar-refractivity contribution in [1.82, 2.24) is 20.1 Å². The third-order valence-electron chi connectivity index (χ3n) is 4.66. The zero-order chi connectivity index (χ0) is 22.1. The lowest BCUT2D eigenvalue weighted by Gasteiger charge is -2.22. The smallest absolute Gasteiger partial charge is 0.383 e. The van der Waals surface area contributed by atoms with Crippen molar-refractivity contribution in [3.8, 4) is 0 Å². The topological polar surface area (TPSA) is 117 Å². The summed E-state index contributed by atoms with van der Waals surface area (Å²) >= 11 is 0. The van der Waals surface area contributed by atoms with E-state index >= 15 is 0 Å². The Morgan fingerprint density at radius 1 is 1.27 bits per heavy atom. The van der Waals surface area contributed by atoms with Gasteiger partial charge in [0, 0.05) is 13.1 Å². The van der Waals surface area contributed by atoms with Crippen LogP contribution in [0.2, 0.25) is 0 Å². The summed E-state index contributed by atoms with van der Waals surface area (Å²) in [5.74, 6) is -1.53. The van der Waals surface area contributed by atoms with Crippen molar-refractivity contribution >= 4 is 34.2 Å². The van der Waals surface area contributed by atoms with E-state index in [1.807, 2.05) is 0 Å². The first-order valence-electron chi connectivity index (χ1n) is 8.96. The summed E-state index contributed by atoms with van der Waals surface area (Å²) in [5.41, 5.74) is 6.51. The predicted octanol–water partition coefficient (Wildman–Crippen LogP) is 2.85. The van der Waals surface area contributed by atoms with Gasteiger partial charge in [0.2, 0.25) is 0 Å². The highest BCUT2D eigenvalue weighted by atomic mass is 19.4. The second-order valence-electron chi connectivity index (χ2n) is 6.63. The third kappa shape index (κ3) is 4.19. The summed E-state index contributed by atoms with van der Waals surface area (Å²) in [4.78, 5) is 30.3. The number of nitrogens with one attached hydrogen (secondary N) is 2. The number of pyridine rings is 1. The number of aryl methyl sites for hydroxylation is 1. The predicted molar refractivity (Wildman–Crippen MR) is 104 cm³/mol. The zero-order valence-electron chi connectivity index (χ0n) is 16.2. The van der Waals surface area contributed by atoms with Crippen molar-refractivity contribution in [2.24, 2.45) is 0 Å². The molecule has 0 saturated carbocycles. The fourth-order valence-corrected chi connectivity index (χ4v) is 2.95. The monoisotopic (exact) mass is 420 g/mol. The average Bonchev–Trinajstić information content (AvgIpc) is 3.19. The summed E-state index contributed by atoms with van der Waals surface area (Å²) in [6.07, 6.45) is -1.70. The van der Waals surface area contributed by atoms with Crippen molar-refractivity contribution < 1.29 is 22.8 Å². The Bertz CT molecular complexity index is 1110. The minimum Gasteiger partial charge on any atom is -0.383 e. The number of anilines is 2. The average molecular weight is 420 g/mol. The Hall–Kier alpha value is -3.63. The molecule has 2 heterocycles. The number of rotatable bonds is 4. The number of carbonyl (C=O) groups excluding carboxylic acids is 2. The molecule has 3 aromatic rings. The summed E-state index contributed by atoms with van der Waals surface area (Å²) in [6.45, 7) is 3.37. The molecule has 4 N–H and O–H groups in total. The van der Waals surface area contributed by atoms with Crippen LogP contribution in [-0.2, 0) is 22.3 Å². The number of benzene rings is 1. The molecule has 0 fully saturated rings. The van der Waals surface area contributed by atoms with Crippen molar-refractivity contribution in [3.05, 3.63) is 47.3 Å². The number of amides is 2. The van der Waals surface area contributed by atoms with Crippen molar-refractivity contribution in [3.63, 3.8) is 0 Å². The Balaban J connectivity index is 1.76. The van der Waals surface area contributed by atoms with Gasteiger partial charge in [-0.3, -0.25) is 14.7 Å². The minimum atomic E-state index is -4.45. The van der Waals surface area contributed by atoms with Gasteiger partial charge in [0.05, 0.1) is 34.5 Å². The highest BCUT2D eigenvalue weighted by Gasteiger charge is 2.31. The number of likely N-dealkylation sites (N-methyl/N-ethyl adjacent to an activating group) is 1. The Labute approximate surface area is 169 Å². The van der Waals surface area contributed by atoms with Gasteiger partial charge >= 0.3 is 18.0 Å². The molecule has 0 saturated heterocycles. The molecule has 0 unspecified atom stereocenters. The molecule has 0 spiro atoms. The SMILES string of the molecule is CCN(Cc1ccc(C(F)(F)F)cc1C)C(=O)C(=O)Nc1cnc(N)c2cn[nH]c12. The van der Waals surface area contributed by atoms with Gasteiger partial charge in [-0.1, -0.05) is 6.07 Å². The maximum Gasteiger partial charge on any atom is 0.416 e. The highest BCUT2D eigenvalue weighted by Crippen LogP contribution is 2.30. The van der Waals surface area contributed by atoms with Crippen LogP contribution < -0.4 is 11.1 Å². The molecule has 2 aromatic heterocycles. The van der Waals surface area contributed by atoms with Gasteiger partial charge in [-0.25, -0.2) is 4.98 Å². The number of hydrogen-bond donors (Lipinski definition) is 3. The Kier molecular flexibility index (Phi) is 5.63. The number of nitrogen functional groups attached to an aromatic ring is 1. The molecule has 30 heavy (non-hydrogen) atoms. The first-order valence-corrected chi connectivity index (χ1v) is 8.96. The van der Waals surface area contributed by atoms with E-state index in [0.29, 0.717) is 22.0 Å². The number of alkyl halides is 3. The lowest BCUT2D eigenvalue weighted by molar-refractivity contribution is -0.143. The number of halogens is 3. The lowest BCUT2D eigenvalue weighted by atomic mass is 10.0. The van der Waals surface area contributed by atoms with Crippen LogP contribution in [0, 0.1) is 6.92 Å². The first-order chi connectivity index (χ1) is 14.1. The maximum atomic E-state index is 12.8. The van der Waals surface area contributed by atoms with Crippen LogP contribution in [0.25, 0.3) is 10.9 Å². The summed E-state index contributed by atoms with van der Waals surface area (Å²) < 4.78 is 38.5. The van der Waals surface area contributed by atoms with E-state index in [0.717, 1.165) is 12.1 Å². The van der Waals surface area contributed by atoms with Crippen LogP contribution in [0.15, 0.2) is 30.6 Å². The largest absolute Gasteiger partial charge is 0.416 e. The van der Waals surface area contributed by atoms with Gasteiger partial charge in [0.1, 0.15) is 5.82 Å². The second kappa shape index (κ2) is 8.01. The van der Waals surface area contributed by atoms with E-state index in [-0.39, 0.29) is 24.6 Å². The fourth-order valence-electron chi connectivity index (χ4n) is 2.95. The van der Waals surface area contributed by atoms with Crippen LogP contribution in [0.4, 0.5) is 24.7 Å². The van der Waals surface area contributed by atoms with Crippen LogP contribution in [0.3, 0.4) is 0 Å². The standard InChI is InChI=1S/C19H19F3N6O2/c1-3-28(9-11-4-5-12(6-10(11)2)19(20,21)22)18(30)17(29)26-14-8-24-16(23)13-7-25-27-15(13)14/h4-8H,3,9H2,1-2H3,(H2,23,24)(H,25,27)(H,26,29). The maximum absolute atomic E-state index is 12.8. The quantitative estimate of drug-likeness (QED) is 0.561. The summed E-state index contributed by atoms with van der Waals surface area (Å²) in [6, 6.07) is 3.28. The molecule has 8 nitrogen and oxygen atoms in total. The van der Waals surface area contributed by atoms with E-state index in [9.17, 15) is 22.8 Å². The fraction of sp³-hybridized carbons (Fsp3) is 0.263. The van der Waals surface area contributed by atoms with Crippen LogP contribution in [0.5, 0.6) is 0 Å². The molecule has 11 heteroatoms. The normalized spacial score (nSPS) is 11.5. The number of hydrogen-bond acceptors (Lipinski definition) is 5. The van der Waals surface area contributed by atoms with Gasteiger partial charge < -0.3 is 16.0 Å². The summed E-state index contributed by atoms with van der Waals surface area (Å²) in [7, 11) is 0. The van der Waals surface area contributed by atoms with E-state index in [4.69, 9.17) is 5.73 Å². The van der Waals surface area contributed by atoms with Crippen LogP contribution in [0.1, 0.15) is 23.6 Å². The molecule has 1 aromatic carbocycles. The van der Waals surface area contributed by atoms with E-state index in [1.165, 1.54) is 30.3 Å². The van der Waals surface area contributed by atoms with Gasteiger partial charge in [-0.05, 0) is 37.1 Å². The van der Waals surface area contributed by atoms with Gasteiger partial charge in [0.25, 0.3) is 0 Å². The molecule has 3 rings (SSSR count). The van der Waals surface area contributed by atoms with E-state index in [2.05, 4.69) is 20.5 Å². The molecule has 0 atom stereocenters. The van der Waals surface area contributed by atoms with Crippen LogP contribution in [-0.4, -0.2) is 38.4 Å². The molecule has 0 aliphatic heterocycles. The Morgan fingerprint density at radius 2 is 2.00 bits per heavy atom. The van der Waals surface area contributed by atoms with Crippen molar-refractivity contribution in [2.75, 3.05) is 17.6 Å². The lowest BCUT2D eigenvalue weighted by Crippen LogP contribution is -2.39. The van der Waals surface area contributed by atoms with Gasteiger partial charge in [-0.15, -0.1) is 0 Å². The second-order valence-corrected chi connectivity index (χ2v) is 6.63. The number of fused-ring (bicyclic) bond motifs is 1. The number of carbonyl (C=O) groups is 2. The van der Waals surface area contributed by atoms with Gasteiger partial charge in [-0.2, -0.15) is 18.3 Å². The number of aromatic amines is 1. The molecule has 0 aliphatic rings. The third-order valence-corrected chi connectivity index (χ3v) is 4.66. The molecular formula is C19H19F3N6O2.